The van der Waals surface area contributed by atoms with Crippen molar-refractivity contribution < 1.29 is 9.32 Å². The van der Waals surface area contributed by atoms with Crippen LogP contribution < -0.4 is 16.1 Å². The van der Waals surface area contributed by atoms with E-state index in [1.807, 2.05) is 18.2 Å². The molecule has 1 aliphatic rings. The van der Waals surface area contributed by atoms with Crippen molar-refractivity contribution in [3.05, 3.63) is 81.5 Å². The summed E-state index contributed by atoms with van der Waals surface area (Å²) in [4.78, 5) is 50.9. The van der Waals surface area contributed by atoms with Crippen LogP contribution in [0.5, 0.6) is 0 Å². The third kappa shape index (κ3) is 4.21. The topological polar surface area (TPSA) is 132 Å². The zero-order valence-corrected chi connectivity index (χ0v) is 18.9. The Kier molecular flexibility index (Phi) is 5.92. The Morgan fingerprint density at radius 1 is 1.00 bits per heavy atom. The Labute approximate surface area is 199 Å². The average Bonchev–Trinajstić information content (AvgIpc) is 3.40. The first-order chi connectivity index (χ1) is 17.1. The summed E-state index contributed by atoms with van der Waals surface area (Å²) in [5, 5.41) is 8.02. The van der Waals surface area contributed by atoms with E-state index in [1.165, 1.54) is 0 Å². The fourth-order valence-corrected chi connectivity index (χ4v) is 3.89. The van der Waals surface area contributed by atoms with E-state index in [0.29, 0.717) is 31.9 Å². The SMILES string of the molecule is CCn1c(=O)c(-c2noc(C(=O)N3CCN(c4ccccn4)CC3)n2)nn(-c2ccccc2)c1=O. The van der Waals surface area contributed by atoms with Crippen LogP contribution in [-0.4, -0.2) is 66.5 Å². The summed E-state index contributed by atoms with van der Waals surface area (Å²) < 4.78 is 7.33. The van der Waals surface area contributed by atoms with Crippen LogP contribution in [0.25, 0.3) is 17.2 Å². The number of carbonyl (C=O) groups is 1. The number of hydrogen-bond acceptors (Lipinski definition) is 9. The molecule has 1 saturated heterocycles. The fraction of sp³-hybridized carbons (Fsp3) is 0.261. The van der Waals surface area contributed by atoms with Gasteiger partial charge in [-0.3, -0.25) is 14.2 Å². The van der Waals surface area contributed by atoms with E-state index in [2.05, 4.69) is 25.1 Å². The Bertz CT molecular complexity index is 1450. The van der Waals surface area contributed by atoms with Crippen LogP contribution in [-0.2, 0) is 6.54 Å². The van der Waals surface area contributed by atoms with Gasteiger partial charge in [0.15, 0.2) is 5.69 Å². The van der Waals surface area contributed by atoms with Gasteiger partial charge in [0.1, 0.15) is 5.82 Å². The van der Waals surface area contributed by atoms with Gasteiger partial charge in [0.05, 0.1) is 5.69 Å². The molecule has 3 aromatic heterocycles. The van der Waals surface area contributed by atoms with Gasteiger partial charge in [0.25, 0.3) is 5.56 Å². The van der Waals surface area contributed by atoms with Crippen molar-refractivity contribution in [3.63, 3.8) is 0 Å². The lowest BCUT2D eigenvalue weighted by Gasteiger charge is -2.34. The molecule has 0 spiro atoms. The molecule has 0 radical (unpaired) electrons. The lowest BCUT2D eigenvalue weighted by Crippen LogP contribution is -2.49. The molecule has 178 valence electrons. The van der Waals surface area contributed by atoms with E-state index >= 15 is 0 Å². The monoisotopic (exact) mass is 474 g/mol. The van der Waals surface area contributed by atoms with Crippen LogP contribution in [0.1, 0.15) is 17.6 Å². The van der Waals surface area contributed by atoms with Gasteiger partial charge in [0, 0.05) is 38.9 Å². The van der Waals surface area contributed by atoms with Crippen molar-refractivity contribution in [2.24, 2.45) is 0 Å². The predicted octanol–water partition coefficient (Wildman–Crippen LogP) is 0.821. The molecule has 12 heteroatoms. The van der Waals surface area contributed by atoms with Crippen molar-refractivity contribution in [2.45, 2.75) is 13.5 Å². The molecule has 4 heterocycles. The normalized spacial score (nSPS) is 13.7. The molecule has 0 bridgehead atoms. The molecule has 12 nitrogen and oxygen atoms in total. The lowest BCUT2D eigenvalue weighted by molar-refractivity contribution is 0.0696. The third-order valence-electron chi connectivity index (χ3n) is 5.74. The van der Waals surface area contributed by atoms with Crippen LogP contribution >= 0.6 is 0 Å². The Balaban J connectivity index is 1.40. The second-order valence-corrected chi connectivity index (χ2v) is 7.82. The van der Waals surface area contributed by atoms with Gasteiger partial charge >= 0.3 is 17.5 Å². The maximum Gasteiger partial charge on any atom is 0.352 e. The summed E-state index contributed by atoms with van der Waals surface area (Å²) >= 11 is 0. The fourth-order valence-electron chi connectivity index (χ4n) is 3.89. The highest BCUT2D eigenvalue weighted by Crippen LogP contribution is 2.15. The quantitative estimate of drug-likeness (QED) is 0.412. The van der Waals surface area contributed by atoms with Crippen LogP contribution in [0.15, 0.2) is 68.8 Å². The van der Waals surface area contributed by atoms with Crippen LogP contribution in [0, 0.1) is 0 Å². The van der Waals surface area contributed by atoms with Gasteiger partial charge in [-0.2, -0.15) is 14.8 Å². The second-order valence-electron chi connectivity index (χ2n) is 7.82. The highest BCUT2D eigenvalue weighted by Gasteiger charge is 2.28. The van der Waals surface area contributed by atoms with Gasteiger partial charge in [0.2, 0.25) is 5.82 Å². The van der Waals surface area contributed by atoms with E-state index in [-0.39, 0.29) is 24.0 Å². The molecule has 0 unspecified atom stereocenters. The van der Waals surface area contributed by atoms with Crippen molar-refractivity contribution in [1.82, 2.24) is 34.4 Å². The number of benzene rings is 1. The highest BCUT2D eigenvalue weighted by molar-refractivity contribution is 5.90. The average molecular weight is 474 g/mol. The number of piperazine rings is 1. The van der Waals surface area contributed by atoms with Crippen molar-refractivity contribution in [1.29, 1.82) is 0 Å². The summed E-state index contributed by atoms with van der Waals surface area (Å²) in [6.07, 6.45) is 1.73. The maximum absolute atomic E-state index is 13.0. The van der Waals surface area contributed by atoms with Crippen molar-refractivity contribution in [3.8, 4) is 17.2 Å². The minimum absolute atomic E-state index is 0.129. The Morgan fingerprint density at radius 2 is 1.74 bits per heavy atom. The van der Waals surface area contributed by atoms with Gasteiger partial charge in [-0.1, -0.05) is 29.4 Å². The molecular formula is C23H22N8O4. The first-order valence-electron chi connectivity index (χ1n) is 11.2. The first kappa shape index (κ1) is 22.2. The van der Waals surface area contributed by atoms with Crippen molar-refractivity contribution in [2.75, 3.05) is 31.1 Å². The van der Waals surface area contributed by atoms with Gasteiger partial charge in [-0.15, -0.1) is 0 Å². The number of aromatic nitrogens is 6. The number of amides is 1. The van der Waals surface area contributed by atoms with Crippen LogP contribution in [0.2, 0.25) is 0 Å². The summed E-state index contributed by atoms with van der Waals surface area (Å²) in [6, 6.07) is 14.4. The van der Waals surface area contributed by atoms with Gasteiger partial charge in [-0.05, 0) is 31.2 Å². The highest BCUT2D eigenvalue weighted by atomic mass is 16.5. The van der Waals surface area contributed by atoms with E-state index in [0.717, 1.165) is 15.1 Å². The third-order valence-corrected chi connectivity index (χ3v) is 5.74. The maximum atomic E-state index is 13.0. The number of hydrogen-bond donors (Lipinski definition) is 0. The molecule has 1 aliphatic heterocycles. The number of pyridine rings is 1. The number of rotatable bonds is 5. The molecule has 0 atom stereocenters. The number of anilines is 1. The van der Waals surface area contributed by atoms with E-state index in [1.54, 1.807) is 48.4 Å². The Morgan fingerprint density at radius 3 is 2.43 bits per heavy atom. The molecular weight excluding hydrogens is 452 g/mol. The molecule has 5 rings (SSSR count). The second kappa shape index (κ2) is 9.33. The molecule has 0 saturated carbocycles. The summed E-state index contributed by atoms with van der Waals surface area (Å²) in [7, 11) is 0. The standard InChI is InChI=1S/C23H22N8O4/c1-2-30-21(32)18(26-31(23(30)34)16-8-4-3-5-9-16)19-25-20(35-27-19)22(33)29-14-12-28(13-15-29)17-10-6-7-11-24-17/h3-11H,2,12-15H2,1H3. The minimum Gasteiger partial charge on any atom is -0.353 e. The number of nitrogens with zero attached hydrogens (tertiary/aromatic N) is 8. The van der Waals surface area contributed by atoms with Gasteiger partial charge in [-0.25, -0.2) is 9.78 Å². The number of para-hydroxylation sites is 1. The summed E-state index contributed by atoms with van der Waals surface area (Å²) in [5.74, 6) is 0.0217. The van der Waals surface area contributed by atoms with E-state index < -0.39 is 17.2 Å². The molecule has 35 heavy (non-hydrogen) atoms. The smallest absolute Gasteiger partial charge is 0.352 e. The minimum atomic E-state index is -0.659. The largest absolute Gasteiger partial charge is 0.353 e. The summed E-state index contributed by atoms with van der Waals surface area (Å²) in [5.41, 5.74) is -0.948. The van der Waals surface area contributed by atoms with Gasteiger partial charge < -0.3 is 14.3 Å². The first-order valence-corrected chi connectivity index (χ1v) is 11.2. The number of carbonyl (C=O) groups excluding carboxylic acids is 1. The molecule has 1 aromatic carbocycles. The van der Waals surface area contributed by atoms with Crippen molar-refractivity contribution >= 4 is 11.7 Å². The predicted molar refractivity (Wildman–Crippen MR) is 125 cm³/mol. The molecule has 1 fully saturated rings. The summed E-state index contributed by atoms with van der Waals surface area (Å²) in [6.45, 7) is 3.92. The zero-order chi connectivity index (χ0) is 24.4. The Hall–Kier alpha value is -4.61. The molecule has 0 N–H and O–H groups in total. The molecule has 0 aliphatic carbocycles. The molecule has 4 aromatic rings. The van der Waals surface area contributed by atoms with E-state index in [4.69, 9.17) is 4.52 Å². The lowest BCUT2D eigenvalue weighted by atomic mass is 10.3. The van der Waals surface area contributed by atoms with E-state index in [9.17, 15) is 14.4 Å². The molecule has 1 amide bonds. The van der Waals surface area contributed by atoms with Crippen LogP contribution in [0.4, 0.5) is 5.82 Å². The zero-order valence-electron chi connectivity index (χ0n) is 18.9. The van der Waals surface area contributed by atoms with Crippen LogP contribution in [0.3, 0.4) is 0 Å².